The predicted octanol–water partition coefficient (Wildman–Crippen LogP) is 4.31. The molecule has 0 aliphatic heterocycles. The first-order valence-corrected chi connectivity index (χ1v) is 5.38. The molecule has 1 N–H and O–H groups in total. The van der Waals surface area contributed by atoms with E-state index in [4.69, 9.17) is 0 Å². The molecule has 1 aromatic heterocycles. The highest BCUT2D eigenvalue weighted by Gasteiger charge is 2.01. The summed E-state index contributed by atoms with van der Waals surface area (Å²) in [5.74, 6) is 0. The molecule has 0 spiro atoms. The molecule has 0 amide bonds. The van der Waals surface area contributed by atoms with Crippen molar-refractivity contribution in [2.75, 3.05) is 0 Å². The summed E-state index contributed by atoms with van der Waals surface area (Å²) in [6.07, 6.45) is 7.87. The number of aromatic nitrogens is 1. The Morgan fingerprint density at radius 3 is 2.81 bits per heavy atom. The number of hydrogen-bond acceptors (Lipinski definition) is 0. The Morgan fingerprint density at radius 2 is 2.12 bits per heavy atom. The lowest BCUT2D eigenvalue weighted by Crippen LogP contribution is -1.78. The summed E-state index contributed by atoms with van der Waals surface area (Å²) in [5, 5.41) is 1.24. The lowest BCUT2D eigenvalue weighted by molar-refractivity contribution is 1.40. The molecular formula is C15H15N. The van der Waals surface area contributed by atoms with Crippen molar-refractivity contribution >= 4 is 16.5 Å². The van der Waals surface area contributed by atoms with E-state index in [0.29, 0.717) is 0 Å². The lowest BCUT2D eigenvalue weighted by atomic mass is 10.1. The van der Waals surface area contributed by atoms with Gasteiger partial charge in [-0.05, 0) is 24.6 Å². The molecule has 0 unspecified atom stereocenters. The summed E-state index contributed by atoms with van der Waals surface area (Å²) < 4.78 is 0. The van der Waals surface area contributed by atoms with Crippen LogP contribution in [0.4, 0.5) is 0 Å². The molecule has 2 aromatic rings. The summed E-state index contributed by atoms with van der Waals surface area (Å²) >= 11 is 0. The Morgan fingerprint density at radius 1 is 1.31 bits per heavy atom. The van der Waals surface area contributed by atoms with Crippen molar-refractivity contribution in [2.24, 2.45) is 0 Å². The minimum absolute atomic E-state index is 1.14. The lowest BCUT2D eigenvalue weighted by Gasteiger charge is -1.96. The summed E-state index contributed by atoms with van der Waals surface area (Å²) in [4.78, 5) is 3.40. The van der Waals surface area contributed by atoms with Crippen LogP contribution in [0.15, 0.2) is 61.2 Å². The number of fused-ring (bicyclic) bond motifs is 1. The second-order valence-corrected chi connectivity index (χ2v) is 3.61. The quantitative estimate of drug-likeness (QED) is 0.725. The van der Waals surface area contributed by atoms with Gasteiger partial charge in [0, 0.05) is 16.6 Å². The number of para-hydroxylation sites is 1. The average molecular weight is 209 g/mol. The third kappa shape index (κ3) is 1.98. The van der Waals surface area contributed by atoms with Gasteiger partial charge in [0.05, 0.1) is 0 Å². The van der Waals surface area contributed by atoms with Crippen LogP contribution in [0.3, 0.4) is 0 Å². The normalized spacial score (nSPS) is 12.4. The molecule has 0 aliphatic rings. The van der Waals surface area contributed by atoms with Crippen molar-refractivity contribution < 1.29 is 0 Å². The van der Waals surface area contributed by atoms with Crippen LogP contribution in [0.1, 0.15) is 12.6 Å². The molecule has 1 heteroatoms. The largest absolute Gasteiger partial charge is 0.355 e. The van der Waals surface area contributed by atoms with Crippen molar-refractivity contribution in [3.05, 3.63) is 66.9 Å². The Hall–Kier alpha value is -2.02. The van der Waals surface area contributed by atoms with Crippen LogP contribution in [0.25, 0.3) is 16.5 Å². The average Bonchev–Trinajstić information content (AvgIpc) is 2.73. The Kier molecular flexibility index (Phi) is 3.06. The Bertz CT molecular complexity index is 523. The monoisotopic (exact) mass is 209 g/mol. The molecule has 2 rings (SSSR count). The zero-order chi connectivity index (χ0) is 11.4. The van der Waals surface area contributed by atoms with Gasteiger partial charge in [-0.2, -0.15) is 0 Å². The van der Waals surface area contributed by atoms with Gasteiger partial charge in [0.15, 0.2) is 0 Å². The van der Waals surface area contributed by atoms with Gasteiger partial charge in [-0.3, -0.25) is 0 Å². The summed E-state index contributed by atoms with van der Waals surface area (Å²) in [6.45, 7) is 5.72. The third-order valence-electron chi connectivity index (χ3n) is 2.56. The van der Waals surface area contributed by atoms with Crippen molar-refractivity contribution in [1.29, 1.82) is 0 Å². The van der Waals surface area contributed by atoms with Crippen LogP contribution in [0, 0.1) is 0 Å². The van der Waals surface area contributed by atoms with Gasteiger partial charge >= 0.3 is 0 Å². The maximum atomic E-state index is 3.68. The molecule has 0 fully saturated rings. The second kappa shape index (κ2) is 4.67. The minimum atomic E-state index is 1.14. The number of rotatable bonds is 3. The van der Waals surface area contributed by atoms with E-state index in [1.807, 2.05) is 19.1 Å². The molecule has 0 saturated carbocycles. The highest BCUT2D eigenvalue weighted by Crippen LogP contribution is 2.21. The van der Waals surface area contributed by atoms with Crippen molar-refractivity contribution in [3.8, 4) is 0 Å². The molecule has 16 heavy (non-hydrogen) atoms. The number of aromatic amines is 1. The van der Waals surface area contributed by atoms with Gasteiger partial charge < -0.3 is 4.98 Å². The molecule has 1 aromatic carbocycles. The van der Waals surface area contributed by atoms with Crippen LogP contribution < -0.4 is 0 Å². The molecule has 0 saturated heterocycles. The van der Waals surface area contributed by atoms with Crippen molar-refractivity contribution in [3.63, 3.8) is 0 Å². The predicted molar refractivity (Wildman–Crippen MR) is 71.3 cm³/mol. The zero-order valence-corrected chi connectivity index (χ0v) is 9.40. The molecule has 1 heterocycles. The van der Waals surface area contributed by atoms with E-state index in [1.54, 1.807) is 6.08 Å². The van der Waals surface area contributed by atoms with E-state index in [9.17, 15) is 0 Å². The summed E-state index contributed by atoms with van der Waals surface area (Å²) in [7, 11) is 0. The van der Waals surface area contributed by atoms with E-state index in [1.165, 1.54) is 16.5 Å². The number of benzene rings is 1. The van der Waals surface area contributed by atoms with Gasteiger partial charge in [0.2, 0.25) is 0 Å². The number of nitrogens with one attached hydrogen (secondary N) is 1. The van der Waals surface area contributed by atoms with Crippen LogP contribution >= 0.6 is 0 Å². The van der Waals surface area contributed by atoms with Crippen molar-refractivity contribution in [1.82, 2.24) is 4.98 Å². The smallest absolute Gasteiger partial charge is 0.0461 e. The fourth-order valence-electron chi connectivity index (χ4n) is 1.74. The maximum Gasteiger partial charge on any atom is 0.0461 e. The SMILES string of the molecule is C=C/C=C\C(=C/C)c1cc2ccccc2[nH]1. The highest BCUT2D eigenvalue weighted by molar-refractivity contribution is 5.86. The fourth-order valence-corrected chi connectivity index (χ4v) is 1.74. The molecule has 0 radical (unpaired) electrons. The second-order valence-electron chi connectivity index (χ2n) is 3.61. The van der Waals surface area contributed by atoms with Gasteiger partial charge in [0.25, 0.3) is 0 Å². The zero-order valence-electron chi connectivity index (χ0n) is 9.40. The van der Waals surface area contributed by atoms with E-state index < -0.39 is 0 Å². The van der Waals surface area contributed by atoms with Gasteiger partial charge in [0.1, 0.15) is 0 Å². The van der Waals surface area contributed by atoms with Gasteiger partial charge in [-0.1, -0.05) is 49.1 Å². The Balaban J connectivity index is 2.46. The first kappa shape index (κ1) is 10.5. The molecular weight excluding hydrogens is 194 g/mol. The van der Waals surface area contributed by atoms with E-state index in [0.717, 1.165) is 5.69 Å². The van der Waals surface area contributed by atoms with E-state index >= 15 is 0 Å². The van der Waals surface area contributed by atoms with Crippen LogP contribution in [-0.2, 0) is 0 Å². The van der Waals surface area contributed by atoms with E-state index in [-0.39, 0.29) is 0 Å². The van der Waals surface area contributed by atoms with Gasteiger partial charge in [-0.15, -0.1) is 0 Å². The maximum absolute atomic E-state index is 3.68. The highest BCUT2D eigenvalue weighted by atomic mass is 14.7. The van der Waals surface area contributed by atoms with Crippen LogP contribution in [0.2, 0.25) is 0 Å². The van der Waals surface area contributed by atoms with Crippen molar-refractivity contribution in [2.45, 2.75) is 6.92 Å². The topological polar surface area (TPSA) is 15.8 Å². The molecule has 0 aliphatic carbocycles. The molecule has 80 valence electrons. The first-order valence-electron chi connectivity index (χ1n) is 5.38. The third-order valence-corrected chi connectivity index (χ3v) is 2.56. The summed E-state index contributed by atoms with van der Waals surface area (Å²) in [6, 6.07) is 10.5. The van der Waals surface area contributed by atoms with Crippen LogP contribution in [0.5, 0.6) is 0 Å². The standard InChI is InChI=1S/C15H15N/c1-3-5-8-12(4-2)15-11-13-9-6-7-10-14(13)16-15/h3-11,16H,1H2,2H3/b8-5-,12-4+. The first-order chi connectivity index (χ1) is 7.85. The number of allylic oxidation sites excluding steroid dienone is 5. The molecule has 0 bridgehead atoms. The number of H-pyrrole nitrogens is 1. The number of hydrogen-bond donors (Lipinski definition) is 1. The molecule has 1 nitrogen and oxygen atoms in total. The Labute approximate surface area is 95.8 Å². The fraction of sp³-hybridized carbons (Fsp3) is 0.0667. The molecule has 0 atom stereocenters. The van der Waals surface area contributed by atoms with Crippen LogP contribution in [-0.4, -0.2) is 4.98 Å². The summed E-state index contributed by atoms with van der Waals surface area (Å²) in [5.41, 5.74) is 3.49. The van der Waals surface area contributed by atoms with Gasteiger partial charge in [-0.25, -0.2) is 0 Å². The minimum Gasteiger partial charge on any atom is -0.355 e. The van der Waals surface area contributed by atoms with E-state index in [2.05, 4.69) is 48.0 Å².